The number of halogens is 1. The first-order valence-corrected chi connectivity index (χ1v) is 7.89. The molecule has 0 saturated carbocycles. The molecule has 0 spiro atoms. The quantitative estimate of drug-likeness (QED) is 0.568. The second-order valence-corrected chi connectivity index (χ2v) is 6.68. The van der Waals surface area contributed by atoms with Gasteiger partial charge in [0, 0.05) is 32.7 Å². The van der Waals surface area contributed by atoms with Crippen LogP contribution in [0, 0.1) is 6.92 Å². The van der Waals surface area contributed by atoms with E-state index in [4.69, 9.17) is 11.6 Å². The van der Waals surface area contributed by atoms with Gasteiger partial charge in [-0.2, -0.15) is 4.31 Å². The van der Waals surface area contributed by atoms with Gasteiger partial charge in [0.15, 0.2) is 5.03 Å². The van der Waals surface area contributed by atoms with Crippen molar-refractivity contribution in [3.05, 3.63) is 12.0 Å². The van der Waals surface area contributed by atoms with E-state index in [0.717, 1.165) is 19.3 Å². The number of unbranched alkanes of at least 4 members (excludes halogenated alkanes) is 2. The van der Waals surface area contributed by atoms with Gasteiger partial charge in [0.05, 0.1) is 0 Å². The molecule has 0 saturated heterocycles. The maximum atomic E-state index is 12.2. The van der Waals surface area contributed by atoms with Crippen molar-refractivity contribution < 1.29 is 8.42 Å². The largest absolute Gasteiger partial charge is 0.337 e. The van der Waals surface area contributed by atoms with Crippen LogP contribution in [0.15, 0.2) is 11.2 Å². The third-order valence-electron chi connectivity index (χ3n) is 2.87. The molecule has 7 heteroatoms. The van der Waals surface area contributed by atoms with Crippen molar-refractivity contribution in [2.45, 2.75) is 31.2 Å². The molecule has 1 heterocycles. The van der Waals surface area contributed by atoms with Gasteiger partial charge in [-0.15, -0.1) is 11.6 Å². The molecule has 104 valence electrons. The van der Waals surface area contributed by atoms with Crippen LogP contribution < -0.4 is 0 Å². The molecule has 0 atom stereocenters. The smallest absolute Gasteiger partial charge is 0.261 e. The Hall–Kier alpha value is -0.590. The molecule has 0 radical (unpaired) electrons. The Morgan fingerprint density at radius 3 is 2.56 bits per heavy atom. The lowest BCUT2D eigenvalue weighted by Crippen LogP contribution is -2.28. The van der Waals surface area contributed by atoms with Crippen molar-refractivity contribution in [3.63, 3.8) is 0 Å². The first-order valence-electron chi connectivity index (χ1n) is 5.92. The highest BCUT2D eigenvalue weighted by molar-refractivity contribution is 7.89. The number of hydrogen-bond acceptors (Lipinski definition) is 3. The van der Waals surface area contributed by atoms with E-state index in [1.54, 1.807) is 31.8 Å². The molecule has 0 unspecified atom stereocenters. The van der Waals surface area contributed by atoms with Gasteiger partial charge >= 0.3 is 0 Å². The van der Waals surface area contributed by atoms with Crippen LogP contribution in [0.2, 0.25) is 0 Å². The van der Waals surface area contributed by atoms with Gasteiger partial charge in [-0.3, -0.25) is 0 Å². The van der Waals surface area contributed by atoms with E-state index in [2.05, 4.69) is 4.98 Å². The van der Waals surface area contributed by atoms with Gasteiger partial charge in [-0.1, -0.05) is 6.42 Å². The zero-order valence-corrected chi connectivity index (χ0v) is 12.6. The number of sulfonamides is 1. The zero-order chi connectivity index (χ0) is 13.8. The molecule has 0 fully saturated rings. The molecule has 0 aromatic carbocycles. The summed E-state index contributed by atoms with van der Waals surface area (Å²) in [5, 5.41) is 0.113. The maximum absolute atomic E-state index is 12.2. The van der Waals surface area contributed by atoms with Crippen LogP contribution >= 0.6 is 11.6 Å². The van der Waals surface area contributed by atoms with E-state index in [1.165, 1.54) is 4.31 Å². The lowest BCUT2D eigenvalue weighted by molar-refractivity contribution is 0.452. The standard InChI is InChI=1S/C11H20ClN3O2S/c1-10-13-11(9-14(10)2)18(16,17)15(3)8-6-4-5-7-12/h9H,4-8H2,1-3H3. The van der Waals surface area contributed by atoms with Crippen LogP contribution in [-0.4, -0.2) is 41.7 Å². The Morgan fingerprint density at radius 2 is 2.06 bits per heavy atom. The minimum atomic E-state index is -3.46. The van der Waals surface area contributed by atoms with E-state index < -0.39 is 10.0 Å². The van der Waals surface area contributed by atoms with Crippen molar-refractivity contribution in [2.75, 3.05) is 19.5 Å². The van der Waals surface area contributed by atoms with Gasteiger partial charge in [-0.25, -0.2) is 13.4 Å². The van der Waals surface area contributed by atoms with Crippen LogP contribution in [0.4, 0.5) is 0 Å². The molecule has 1 aromatic rings. The minimum Gasteiger partial charge on any atom is -0.337 e. The second kappa shape index (κ2) is 6.54. The number of rotatable bonds is 7. The van der Waals surface area contributed by atoms with Gasteiger partial charge in [0.2, 0.25) is 0 Å². The number of alkyl halides is 1. The summed E-state index contributed by atoms with van der Waals surface area (Å²) >= 11 is 5.58. The van der Waals surface area contributed by atoms with Crippen molar-refractivity contribution in [1.29, 1.82) is 0 Å². The highest BCUT2D eigenvalue weighted by atomic mass is 35.5. The van der Waals surface area contributed by atoms with Crippen molar-refractivity contribution in [3.8, 4) is 0 Å². The third kappa shape index (κ3) is 3.70. The minimum absolute atomic E-state index is 0.113. The maximum Gasteiger partial charge on any atom is 0.261 e. The van der Waals surface area contributed by atoms with E-state index in [9.17, 15) is 8.42 Å². The Morgan fingerprint density at radius 1 is 1.39 bits per heavy atom. The van der Waals surface area contributed by atoms with E-state index >= 15 is 0 Å². The Kier molecular flexibility index (Phi) is 5.62. The van der Waals surface area contributed by atoms with Gasteiger partial charge in [0.1, 0.15) is 5.82 Å². The number of aromatic nitrogens is 2. The molecule has 0 aliphatic rings. The summed E-state index contributed by atoms with van der Waals surface area (Å²) in [4.78, 5) is 4.06. The molecule has 0 amide bonds. The molecular formula is C11H20ClN3O2S. The second-order valence-electron chi connectivity index (χ2n) is 4.31. The van der Waals surface area contributed by atoms with E-state index in [-0.39, 0.29) is 5.03 Å². The summed E-state index contributed by atoms with van der Waals surface area (Å²) in [5.74, 6) is 1.31. The van der Waals surface area contributed by atoms with Crippen molar-refractivity contribution >= 4 is 21.6 Å². The molecular weight excluding hydrogens is 274 g/mol. The Bertz CT molecular complexity index is 465. The first-order chi connectivity index (χ1) is 8.39. The topological polar surface area (TPSA) is 55.2 Å². The fourth-order valence-electron chi connectivity index (χ4n) is 1.54. The van der Waals surface area contributed by atoms with Crippen LogP contribution in [0.25, 0.3) is 0 Å². The van der Waals surface area contributed by atoms with Crippen LogP contribution in [0.5, 0.6) is 0 Å². The summed E-state index contributed by atoms with van der Waals surface area (Å²) in [6.45, 7) is 2.27. The number of hydrogen-bond donors (Lipinski definition) is 0. The average molecular weight is 294 g/mol. The monoisotopic (exact) mass is 293 g/mol. The molecule has 0 aliphatic carbocycles. The highest BCUT2D eigenvalue weighted by Crippen LogP contribution is 2.14. The highest BCUT2D eigenvalue weighted by Gasteiger charge is 2.23. The van der Waals surface area contributed by atoms with Gasteiger partial charge < -0.3 is 4.57 Å². The van der Waals surface area contributed by atoms with E-state index in [0.29, 0.717) is 18.2 Å². The lowest BCUT2D eigenvalue weighted by Gasteiger charge is -2.15. The molecule has 0 N–H and O–H groups in total. The lowest BCUT2D eigenvalue weighted by atomic mass is 10.2. The zero-order valence-electron chi connectivity index (χ0n) is 11.1. The predicted octanol–water partition coefficient (Wildman–Crippen LogP) is 1.76. The third-order valence-corrected chi connectivity index (χ3v) is 4.86. The average Bonchev–Trinajstić information content (AvgIpc) is 2.65. The fraction of sp³-hybridized carbons (Fsp3) is 0.727. The summed E-state index contributed by atoms with van der Waals surface area (Å²) in [7, 11) is -0.0965. The van der Waals surface area contributed by atoms with Crippen molar-refractivity contribution in [2.24, 2.45) is 7.05 Å². The van der Waals surface area contributed by atoms with Gasteiger partial charge in [-0.05, 0) is 19.8 Å². The molecule has 0 bridgehead atoms. The molecule has 18 heavy (non-hydrogen) atoms. The summed E-state index contributed by atoms with van der Waals surface area (Å²) in [5.41, 5.74) is 0. The number of nitrogens with zero attached hydrogens (tertiary/aromatic N) is 3. The van der Waals surface area contributed by atoms with Crippen LogP contribution in [-0.2, 0) is 17.1 Å². The molecule has 1 rings (SSSR count). The molecule has 0 aliphatic heterocycles. The molecule has 1 aromatic heterocycles. The van der Waals surface area contributed by atoms with Crippen LogP contribution in [0.3, 0.4) is 0 Å². The van der Waals surface area contributed by atoms with Gasteiger partial charge in [0.25, 0.3) is 10.0 Å². The summed E-state index contributed by atoms with van der Waals surface area (Å²) in [6.07, 6.45) is 4.21. The SMILES string of the molecule is Cc1nc(S(=O)(=O)N(C)CCCCCCl)cn1C. The normalized spacial score (nSPS) is 12.3. The summed E-state index contributed by atoms with van der Waals surface area (Å²) < 4.78 is 27.4. The summed E-state index contributed by atoms with van der Waals surface area (Å²) in [6, 6.07) is 0. The fourth-order valence-corrected chi connectivity index (χ4v) is 2.95. The number of aryl methyl sites for hydroxylation is 2. The number of imidazole rings is 1. The Balaban J connectivity index is 2.68. The Labute approximate surface area is 114 Å². The van der Waals surface area contributed by atoms with Crippen molar-refractivity contribution in [1.82, 2.24) is 13.9 Å². The van der Waals surface area contributed by atoms with Crippen LogP contribution in [0.1, 0.15) is 25.1 Å². The molecule has 5 nitrogen and oxygen atoms in total. The first kappa shape index (κ1) is 15.5. The van der Waals surface area contributed by atoms with E-state index in [1.807, 2.05) is 0 Å². The predicted molar refractivity (Wildman–Crippen MR) is 72.3 cm³/mol.